The van der Waals surface area contributed by atoms with Crippen LogP contribution in [-0.2, 0) is 13.6 Å². The van der Waals surface area contributed by atoms with Gasteiger partial charge in [0, 0.05) is 31.4 Å². The van der Waals surface area contributed by atoms with Crippen molar-refractivity contribution in [3.8, 4) is 0 Å². The van der Waals surface area contributed by atoms with Crippen LogP contribution >= 0.6 is 24.0 Å². The third-order valence-electron chi connectivity index (χ3n) is 5.08. The lowest BCUT2D eigenvalue weighted by molar-refractivity contribution is 0.213. The summed E-state index contributed by atoms with van der Waals surface area (Å²) in [7, 11) is 4.20. The Balaban J connectivity index is 0.00000312. The normalized spacial score (nSPS) is 16.6. The summed E-state index contributed by atoms with van der Waals surface area (Å²) in [4.78, 5) is 7.17. The number of hydrogen-bond acceptors (Lipinski definition) is 3. The maximum atomic E-state index is 4.75. The van der Waals surface area contributed by atoms with Gasteiger partial charge >= 0.3 is 0 Å². The highest BCUT2D eigenvalue weighted by Gasteiger charge is 2.16. The van der Waals surface area contributed by atoms with E-state index in [1.165, 1.54) is 43.6 Å². The van der Waals surface area contributed by atoms with Gasteiger partial charge in [0.05, 0.1) is 12.2 Å². The average molecular weight is 462 g/mol. The molecule has 0 unspecified atom stereocenters. The number of likely N-dealkylation sites (tertiary alicyclic amines) is 1. The summed E-state index contributed by atoms with van der Waals surface area (Å²) in [6.45, 7) is 11.3. The summed E-state index contributed by atoms with van der Waals surface area (Å²) in [6.07, 6.45) is 3.86. The Kier molecular flexibility index (Phi) is 9.78. The zero-order chi connectivity index (χ0) is 17.5. The van der Waals surface area contributed by atoms with E-state index in [9.17, 15) is 0 Å². The molecule has 0 aliphatic carbocycles. The predicted octanol–water partition coefficient (Wildman–Crippen LogP) is 2.44. The lowest BCUT2D eigenvalue weighted by Crippen LogP contribution is -2.39. The number of aliphatic imine (C=N–C) groups is 1. The summed E-state index contributed by atoms with van der Waals surface area (Å²) in [5, 5.41) is 11.3. The molecule has 0 bridgehead atoms. The Morgan fingerprint density at radius 2 is 1.88 bits per heavy atom. The molecule has 0 amide bonds. The van der Waals surface area contributed by atoms with Crippen LogP contribution in [0.1, 0.15) is 43.1 Å². The van der Waals surface area contributed by atoms with Crippen molar-refractivity contribution >= 4 is 29.9 Å². The molecule has 1 aliphatic heterocycles. The van der Waals surface area contributed by atoms with Gasteiger partial charge < -0.3 is 15.5 Å². The first-order valence-corrected chi connectivity index (χ1v) is 9.21. The lowest BCUT2D eigenvalue weighted by Gasteiger charge is -2.29. The molecule has 144 valence electrons. The van der Waals surface area contributed by atoms with Crippen LogP contribution in [0.3, 0.4) is 0 Å². The van der Waals surface area contributed by atoms with E-state index in [2.05, 4.69) is 48.5 Å². The van der Waals surface area contributed by atoms with Crippen molar-refractivity contribution in [1.82, 2.24) is 25.3 Å². The summed E-state index contributed by atoms with van der Waals surface area (Å²) < 4.78 is 1.93. The Morgan fingerprint density at radius 1 is 1.20 bits per heavy atom. The van der Waals surface area contributed by atoms with E-state index in [1.54, 1.807) is 0 Å². The maximum Gasteiger partial charge on any atom is 0.191 e. The topological polar surface area (TPSA) is 57.5 Å². The fourth-order valence-corrected chi connectivity index (χ4v) is 3.29. The van der Waals surface area contributed by atoms with Crippen LogP contribution in [0.4, 0.5) is 0 Å². The zero-order valence-corrected chi connectivity index (χ0v) is 18.8. The van der Waals surface area contributed by atoms with Crippen LogP contribution in [0.5, 0.6) is 0 Å². The van der Waals surface area contributed by atoms with Crippen molar-refractivity contribution in [2.75, 3.05) is 33.2 Å². The van der Waals surface area contributed by atoms with Gasteiger partial charge in [-0.25, -0.2) is 4.99 Å². The standard InChI is InChI=1S/C18H34N6.HI/c1-6-19-18(20-10-7-16-8-11-23(4)12-9-16)21-13-17-14(2)22-24(5)15(17)3;/h16H,6-13H2,1-5H3,(H2,19,20,21);1H. The van der Waals surface area contributed by atoms with Gasteiger partial charge in [0.1, 0.15) is 0 Å². The van der Waals surface area contributed by atoms with Crippen molar-refractivity contribution in [1.29, 1.82) is 0 Å². The van der Waals surface area contributed by atoms with E-state index in [-0.39, 0.29) is 24.0 Å². The van der Waals surface area contributed by atoms with Crippen molar-refractivity contribution in [2.45, 2.75) is 46.6 Å². The number of guanidine groups is 1. The Morgan fingerprint density at radius 3 is 2.44 bits per heavy atom. The number of rotatable bonds is 6. The van der Waals surface area contributed by atoms with E-state index in [1.807, 2.05) is 11.7 Å². The van der Waals surface area contributed by atoms with E-state index >= 15 is 0 Å². The van der Waals surface area contributed by atoms with Gasteiger partial charge in [-0.3, -0.25) is 4.68 Å². The van der Waals surface area contributed by atoms with Crippen molar-refractivity contribution in [2.24, 2.45) is 18.0 Å². The Labute approximate surface area is 169 Å². The largest absolute Gasteiger partial charge is 0.357 e. The first kappa shape index (κ1) is 22.2. The van der Waals surface area contributed by atoms with Crippen LogP contribution in [0.2, 0.25) is 0 Å². The number of hydrogen-bond donors (Lipinski definition) is 2. The second kappa shape index (κ2) is 11.0. The third-order valence-corrected chi connectivity index (χ3v) is 5.08. The van der Waals surface area contributed by atoms with E-state index < -0.39 is 0 Å². The van der Waals surface area contributed by atoms with Crippen LogP contribution in [0.15, 0.2) is 4.99 Å². The summed E-state index contributed by atoms with van der Waals surface area (Å²) in [6, 6.07) is 0. The number of aromatic nitrogens is 2. The molecule has 1 aromatic rings. The molecule has 6 nitrogen and oxygen atoms in total. The minimum absolute atomic E-state index is 0. The van der Waals surface area contributed by atoms with Crippen LogP contribution in [0, 0.1) is 19.8 Å². The molecule has 2 rings (SSSR count). The number of nitrogens with one attached hydrogen (secondary N) is 2. The molecule has 0 radical (unpaired) electrons. The quantitative estimate of drug-likeness (QED) is 0.388. The monoisotopic (exact) mass is 462 g/mol. The molecule has 1 aliphatic rings. The highest BCUT2D eigenvalue weighted by molar-refractivity contribution is 14.0. The Hall–Kier alpha value is -0.830. The minimum Gasteiger partial charge on any atom is -0.357 e. The summed E-state index contributed by atoms with van der Waals surface area (Å²) >= 11 is 0. The molecule has 1 fully saturated rings. The smallest absolute Gasteiger partial charge is 0.191 e. The number of nitrogens with zero attached hydrogens (tertiary/aromatic N) is 4. The number of halogens is 1. The molecule has 0 atom stereocenters. The molecule has 2 heterocycles. The van der Waals surface area contributed by atoms with E-state index in [0.29, 0.717) is 6.54 Å². The van der Waals surface area contributed by atoms with Crippen LogP contribution in [-0.4, -0.2) is 53.9 Å². The molecule has 0 saturated carbocycles. The summed E-state index contributed by atoms with van der Waals surface area (Å²) in [5.74, 6) is 1.76. The fourth-order valence-electron chi connectivity index (χ4n) is 3.29. The first-order chi connectivity index (χ1) is 11.5. The maximum absolute atomic E-state index is 4.75. The Bertz CT molecular complexity index is 546. The first-order valence-electron chi connectivity index (χ1n) is 9.21. The highest BCUT2D eigenvalue weighted by atomic mass is 127. The molecule has 0 spiro atoms. The van der Waals surface area contributed by atoms with Crippen molar-refractivity contribution < 1.29 is 0 Å². The minimum atomic E-state index is 0. The molecular formula is C18H35IN6. The van der Waals surface area contributed by atoms with Crippen LogP contribution < -0.4 is 10.6 Å². The molecule has 2 N–H and O–H groups in total. The van der Waals surface area contributed by atoms with Gasteiger partial charge in [-0.2, -0.15) is 5.10 Å². The van der Waals surface area contributed by atoms with Crippen molar-refractivity contribution in [3.63, 3.8) is 0 Å². The van der Waals surface area contributed by atoms with Gasteiger partial charge in [0.15, 0.2) is 5.96 Å². The molecular weight excluding hydrogens is 427 g/mol. The summed E-state index contributed by atoms with van der Waals surface area (Å²) in [5.41, 5.74) is 3.49. The second-order valence-electron chi connectivity index (χ2n) is 6.93. The molecule has 25 heavy (non-hydrogen) atoms. The average Bonchev–Trinajstić information content (AvgIpc) is 2.80. The van der Waals surface area contributed by atoms with Crippen LogP contribution in [0.25, 0.3) is 0 Å². The second-order valence-corrected chi connectivity index (χ2v) is 6.93. The zero-order valence-electron chi connectivity index (χ0n) is 16.4. The van der Waals surface area contributed by atoms with E-state index in [4.69, 9.17) is 4.99 Å². The predicted molar refractivity (Wildman–Crippen MR) is 116 cm³/mol. The molecule has 1 saturated heterocycles. The molecule has 1 aromatic heterocycles. The van der Waals surface area contributed by atoms with Gasteiger partial charge in [-0.1, -0.05) is 0 Å². The van der Waals surface area contributed by atoms with Gasteiger partial charge in [0.25, 0.3) is 0 Å². The SMILES string of the molecule is CCNC(=NCc1c(C)nn(C)c1C)NCCC1CCN(C)CC1.I. The van der Waals surface area contributed by atoms with Gasteiger partial charge in [-0.05, 0) is 66.1 Å². The fraction of sp³-hybridized carbons (Fsp3) is 0.778. The van der Waals surface area contributed by atoms with Crippen molar-refractivity contribution in [3.05, 3.63) is 17.0 Å². The third kappa shape index (κ3) is 6.77. The molecule has 7 heteroatoms. The lowest BCUT2D eigenvalue weighted by atomic mass is 9.94. The number of piperidine rings is 1. The van der Waals surface area contributed by atoms with Gasteiger partial charge in [-0.15, -0.1) is 24.0 Å². The number of aryl methyl sites for hydroxylation is 2. The highest BCUT2D eigenvalue weighted by Crippen LogP contribution is 2.18. The van der Waals surface area contributed by atoms with E-state index in [0.717, 1.165) is 30.7 Å². The van der Waals surface area contributed by atoms with Gasteiger partial charge in [0.2, 0.25) is 0 Å². The molecule has 0 aromatic carbocycles.